The Hall–Kier alpha value is -0.980. The molecule has 0 unspecified atom stereocenters. The third kappa shape index (κ3) is 3.02. The second-order valence-corrected chi connectivity index (χ2v) is 4.65. The normalized spacial score (nSPS) is 10.8. The Morgan fingerprint density at radius 2 is 1.53 bits per heavy atom. The number of phenols is 1. The fourth-order valence-corrected chi connectivity index (χ4v) is 2.68. The van der Waals surface area contributed by atoms with Gasteiger partial charge in [0.05, 0.1) is 0 Å². The molecule has 0 bridgehead atoms. The molecule has 1 nitrogen and oxygen atoms in total. The van der Waals surface area contributed by atoms with Gasteiger partial charge < -0.3 is 5.11 Å². The van der Waals surface area contributed by atoms with Gasteiger partial charge in [0.15, 0.2) is 0 Å². The zero-order chi connectivity index (χ0) is 12.8. The van der Waals surface area contributed by atoms with Gasteiger partial charge in [-0.1, -0.05) is 34.1 Å². The first-order valence-corrected chi connectivity index (χ1v) is 7.04. The molecule has 1 N–H and O–H groups in total. The number of hydrogen-bond acceptors (Lipinski definition) is 1. The molecule has 0 saturated carbocycles. The van der Waals surface area contributed by atoms with Gasteiger partial charge in [-0.25, -0.2) is 0 Å². The monoisotopic (exact) mass is 234 g/mol. The minimum Gasteiger partial charge on any atom is -0.508 e. The number of rotatable bonds is 6. The van der Waals surface area contributed by atoms with E-state index in [4.69, 9.17) is 0 Å². The fraction of sp³-hybridized carbons (Fsp3) is 0.625. The Balaban J connectivity index is 3.27. The van der Waals surface area contributed by atoms with E-state index in [2.05, 4.69) is 27.7 Å². The van der Waals surface area contributed by atoms with Crippen LogP contribution in [0.3, 0.4) is 0 Å². The second-order valence-electron chi connectivity index (χ2n) is 4.65. The van der Waals surface area contributed by atoms with E-state index >= 15 is 0 Å². The molecule has 0 amide bonds. The molecule has 0 heterocycles. The fourth-order valence-electron chi connectivity index (χ4n) is 2.68. The molecule has 0 aliphatic rings. The molecule has 0 aliphatic heterocycles. The maximum absolute atomic E-state index is 10.2. The topological polar surface area (TPSA) is 20.2 Å². The highest BCUT2D eigenvalue weighted by Gasteiger charge is 2.14. The van der Waals surface area contributed by atoms with Crippen LogP contribution >= 0.6 is 0 Å². The first kappa shape index (κ1) is 14.1. The number of aromatic hydroxyl groups is 1. The van der Waals surface area contributed by atoms with E-state index < -0.39 is 0 Å². The van der Waals surface area contributed by atoms with Gasteiger partial charge in [0, 0.05) is 0 Å². The highest BCUT2D eigenvalue weighted by atomic mass is 16.3. The summed E-state index contributed by atoms with van der Waals surface area (Å²) in [6, 6.07) is 1.99. The van der Waals surface area contributed by atoms with Crippen LogP contribution < -0.4 is 0 Å². The largest absolute Gasteiger partial charge is 0.508 e. The number of aryl methyl sites for hydroxylation is 1. The van der Waals surface area contributed by atoms with Gasteiger partial charge in [-0.3, -0.25) is 0 Å². The lowest BCUT2D eigenvalue weighted by Crippen LogP contribution is -2.03. The van der Waals surface area contributed by atoms with Crippen LogP contribution in [0.4, 0.5) is 0 Å². The zero-order valence-corrected chi connectivity index (χ0v) is 11.8. The maximum Gasteiger partial charge on any atom is 0.119 e. The van der Waals surface area contributed by atoms with E-state index in [9.17, 15) is 5.11 Å². The van der Waals surface area contributed by atoms with Crippen LogP contribution in [0.5, 0.6) is 5.75 Å². The summed E-state index contributed by atoms with van der Waals surface area (Å²) in [5, 5.41) is 10.2. The van der Waals surface area contributed by atoms with Crippen LogP contribution in [0.15, 0.2) is 6.07 Å². The summed E-state index contributed by atoms with van der Waals surface area (Å²) in [5.41, 5.74) is 5.39. The Labute approximate surface area is 106 Å². The van der Waals surface area contributed by atoms with Crippen LogP contribution in [-0.4, -0.2) is 5.11 Å². The van der Waals surface area contributed by atoms with E-state index in [1.54, 1.807) is 0 Å². The summed E-state index contributed by atoms with van der Waals surface area (Å²) in [6.07, 6.45) is 6.48. The van der Waals surface area contributed by atoms with Crippen LogP contribution in [0.1, 0.15) is 62.8 Å². The van der Waals surface area contributed by atoms with Crippen molar-refractivity contribution in [2.45, 2.75) is 66.2 Å². The number of benzene rings is 1. The third-order valence-corrected chi connectivity index (χ3v) is 3.60. The lowest BCUT2D eigenvalue weighted by molar-refractivity contribution is 0.464. The summed E-state index contributed by atoms with van der Waals surface area (Å²) in [6.45, 7) is 8.78. The van der Waals surface area contributed by atoms with E-state index in [0.29, 0.717) is 5.75 Å². The van der Waals surface area contributed by atoms with Gasteiger partial charge in [-0.2, -0.15) is 0 Å². The summed E-state index contributed by atoms with van der Waals surface area (Å²) in [7, 11) is 0. The highest BCUT2D eigenvalue weighted by Crippen LogP contribution is 2.31. The van der Waals surface area contributed by atoms with Crippen molar-refractivity contribution in [3.05, 3.63) is 28.3 Å². The molecule has 96 valence electrons. The molecular weight excluding hydrogens is 208 g/mol. The Bertz CT molecular complexity index is 366. The van der Waals surface area contributed by atoms with E-state index in [1.165, 1.54) is 28.7 Å². The third-order valence-electron chi connectivity index (χ3n) is 3.60. The van der Waals surface area contributed by atoms with Crippen LogP contribution in [0, 0.1) is 0 Å². The molecular formula is C16H26O. The van der Waals surface area contributed by atoms with Gasteiger partial charge in [0.25, 0.3) is 0 Å². The molecule has 0 aromatic heterocycles. The van der Waals surface area contributed by atoms with Crippen LogP contribution in [0.2, 0.25) is 0 Å². The predicted molar refractivity (Wildman–Crippen MR) is 74.9 cm³/mol. The van der Waals surface area contributed by atoms with Crippen molar-refractivity contribution >= 4 is 0 Å². The van der Waals surface area contributed by atoms with Gasteiger partial charge in [0.1, 0.15) is 5.75 Å². The number of phenolic OH excluding ortho intramolecular Hbond substituents is 1. The summed E-state index contributed by atoms with van der Waals surface area (Å²) in [4.78, 5) is 0. The van der Waals surface area contributed by atoms with Crippen LogP contribution in [-0.2, 0) is 25.7 Å². The minimum absolute atomic E-state index is 0.518. The van der Waals surface area contributed by atoms with Crippen molar-refractivity contribution < 1.29 is 5.11 Å². The van der Waals surface area contributed by atoms with Gasteiger partial charge in [-0.05, 0) is 60.4 Å². The van der Waals surface area contributed by atoms with Crippen LogP contribution in [0.25, 0.3) is 0 Å². The lowest BCUT2D eigenvalue weighted by Gasteiger charge is -2.18. The molecule has 1 heteroatoms. The highest BCUT2D eigenvalue weighted by molar-refractivity contribution is 5.49. The Morgan fingerprint density at radius 3 is 2.00 bits per heavy atom. The van der Waals surface area contributed by atoms with Crippen molar-refractivity contribution in [3.63, 3.8) is 0 Å². The zero-order valence-electron chi connectivity index (χ0n) is 11.8. The van der Waals surface area contributed by atoms with E-state index in [1.807, 2.05) is 6.07 Å². The van der Waals surface area contributed by atoms with Crippen molar-refractivity contribution in [1.29, 1.82) is 0 Å². The first-order chi connectivity index (χ1) is 8.19. The molecule has 0 fully saturated rings. The molecule has 0 radical (unpaired) electrons. The lowest BCUT2D eigenvalue weighted by atomic mass is 9.88. The first-order valence-electron chi connectivity index (χ1n) is 7.04. The smallest absolute Gasteiger partial charge is 0.119 e. The minimum atomic E-state index is 0.518. The standard InChI is InChI=1S/C16H26O/c1-5-9-10-15-14(8-4)13(7-3)12(6-2)11-16(15)17/h11,17H,5-10H2,1-4H3. The average molecular weight is 234 g/mol. The van der Waals surface area contributed by atoms with Gasteiger partial charge >= 0.3 is 0 Å². The average Bonchev–Trinajstić information content (AvgIpc) is 2.35. The molecule has 0 atom stereocenters. The van der Waals surface area contributed by atoms with Crippen molar-refractivity contribution in [3.8, 4) is 5.75 Å². The van der Waals surface area contributed by atoms with E-state index in [-0.39, 0.29) is 0 Å². The molecule has 1 aromatic rings. The molecule has 0 spiro atoms. The Morgan fingerprint density at radius 1 is 0.882 bits per heavy atom. The van der Waals surface area contributed by atoms with E-state index in [0.717, 1.165) is 32.1 Å². The summed E-state index contributed by atoms with van der Waals surface area (Å²) in [5.74, 6) is 0.518. The molecule has 1 aromatic carbocycles. The number of unbranched alkanes of at least 4 members (excludes halogenated alkanes) is 1. The molecule has 1 rings (SSSR count). The quantitative estimate of drug-likeness (QED) is 0.772. The Kier molecular flexibility index (Phi) is 5.54. The SMILES string of the molecule is CCCCc1c(O)cc(CC)c(CC)c1CC. The maximum atomic E-state index is 10.2. The molecule has 0 aliphatic carbocycles. The van der Waals surface area contributed by atoms with Gasteiger partial charge in [0.2, 0.25) is 0 Å². The van der Waals surface area contributed by atoms with Crippen molar-refractivity contribution in [2.24, 2.45) is 0 Å². The van der Waals surface area contributed by atoms with Crippen molar-refractivity contribution in [1.82, 2.24) is 0 Å². The second kappa shape index (κ2) is 6.68. The predicted octanol–water partition coefficient (Wildman–Crippen LogP) is 4.42. The summed E-state index contributed by atoms with van der Waals surface area (Å²) < 4.78 is 0. The van der Waals surface area contributed by atoms with Gasteiger partial charge in [-0.15, -0.1) is 0 Å². The number of hydrogen-bond donors (Lipinski definition) is 1. The summed E-state index contributed by atoms with van der Waals surface area (Å²) >= 11 is 0. The molecule has 17 heavy (non-hydrogen) atoms. The van der Waals surface area contributed by atoms with Crippen molar-refractivity contribution in [2.75, 3.05) is 0 Å². The molecule has 0 saturated heterocycles.